The lowest BCUT2D eigenvalue weighted by Crippen LogP contribution is -2.60. The molecular weight excluding hydrogens is 732 g/mol. The highest BCUT2D eigenvalue weighted by molar-refractivity contribution is 6.10. The number of carbonyl (C=O) groups excluding carboxylic acids is 3. The number of hydrogen-bond donors (Lipinski definition) is 2. The van der Waals surface area contributed by atoms with Gasteiger partial charge in [0.25, 0.3) is 5.91 Å². The van der Waals surface area contributed by atoms with Gasteiger partial charge in [-0.05, 0) is 112 Å². The van der Waals surface area contributed by atoms with Crippen LogP contribution in [0.2, 0.25) is 0 Å². The van der Waals surface area contributed by atoms with E-state index in [9.17, 15) is 33.0 Å². The molecule has 1 heterocycles. The monoisotopic (exact) mass is 785 g/mol. The lowest BCUT2D eigenvalue weighted by atomic mass is 9.64. The Morgan fingerprint density at radius 3 is 2.32 bits per heavy atom. The van der Waals surface area contributed by atoms with Crippen LogP contribution in [-0.4, -0.2) is 56.6 Å². The number of amides is 1. The number of fused-ring (bicyclic) bond motifs is 10. The summed E-state index contributed by atoms with van der Waals surface area (Å²) < 4.78 is 47.6. The standard InChI is InChI=1S/C47H54F3NO6/c1-30-11-10-21-43(4)38(36-19-17-32(25-35(52)18-16-30)26-37(36)39(53)33-14-9-15-34(27-33)47(48,49)50)20-22-45(43,56)29-51(28-31-12-7-6-8-13-31)40(54)46-24-23-44(5,41(55)57-46)42(46,2)3/h6-9,11-15,17,19,26-27,35,38,52,56H,10,16,18,20-25,28-29H2,1-5H3/t35-,38-,43-,44-,45+,46+/m0/s1. The van der Waals surface area contributed by atoms with Crippen LogP contribution < -0.4 is 0 Å². The van der Waals surface area contributed by atoms with Crippen molar-refractivity contribution in [1.82, 2.24) is 4.90 Å². The Morgan fingerprint density at radius 1 is 0.912 bits per heavy atom. The van der Waals surface area contributed by atoms with E-state index in [-0.39, 0.29) is 48.9 Å². The number of halogens is 3. The van der Waals surface area contributed by atoms with Crippen molar-refractivity contribution in [2.75, 3.05) is 6.54 Å². The van der Waals surface area contributed by atoms with Gasteiger partial charge in [0.1, 0.15) is 0 Å². The van der Waals surface area contributed by atoms with Crippen LogP contribution in [0.15, 0.2) is 84.4 Å². The molecule has 304 valence electrons. The first-order valence-electron chi connectivity index (χ1n) is 20.2. The largest absolute Gasteiger partial charge is 0.448 e. The second-order valence-corrected chi connectivity index (χ2v) is 18.2. The van der Waals surface area contributed by atoms with Crippen molar-refractivity contribution >= 4 is 17.7 Å². The van der Waals surface area contributed by atoms with Crippen molar-refractivity contribution in [3.63, 3.8) is 0 Å². The first-order valence-corrected chi connectivity index (χ1v) is 20.2. The van der Waals surface area contributed by atoms with Crippen molar-refractivity contribution in [3.05, 3.63) is 118 Å². The van der Waals surface area contributed by atoms with Crippen LogP contribution in [0.25, 0.3) is 0 Å². The van der Waals surface area contributed by atoms with E-state index in [1.807, 2.05) is 77.1 Å². The predicted octanol–water partition coefficient (Wildman–Crippen LogP) is 9.13. The predicted molar refractivity (Wildman–Crippen MR) is 210 cm³/mol. The maximum atomic E-state index is 15.2. The van der Waals surface area contributed by atoms with E-state index < -0.39 is 57.0 Å². The highest BCUT2D eigenvalue weighted by atomic mass is 19.4. The van der Waals surface area contributed by atoms with Crippen LogP contribution >= 0.6 is 0 Å². The molecule has 1 saturated heterocycles. The molecule has 0 aromatic heterocycles. The first kappa shape index (κ1) is 40.9. The lowest BCUT2D eigenvalue weighted by molar-refractivity contribution is -0.178. The molecule has 1 amide bonds. The van der Waals surface area contributed by atoms with Gasteiger partial charge in [-0.2, -0.15) is 13.2 Å². The zero-order valence-corrected chi connectivity index (χ0v) is 33.5. The second-order valence-electron chi connectivity index (χ2n) is 18.2. The third kappa shape index (κ3) is 6.84. The minimum absolute atomic E-state index is 0.0658. The van der Waals surface area contributed by atoms with Crippen LogP contribution in [0.4, 0.5) is 13.2 Å². The average molecular weight is 786 g/mol. The number of hydrogen-bond acceptors (Lipinski definition) is 6. The molecule has 4 aliphatic carbocycles. The van der Waals surface area contributed by atoms with E-state index in [1.54, 1.807) is 11.0 Å². The van der Waals surface area contributed by atoms with Crippen LogP contribution in [0.1, 0.15) is 130 Å². The molecule has 1 aliphatic heterocycles. The number of benzene rings is 3. The zero-order chi connectivity index (χ0) is 41.2. The summed E-state index contributed by atoms with van der Waals surface area (Å²) in [6, 6.07) is 19.4. The number of ketones is 1. The number of esters is 1. The van der Waals surface area contributed by atoms with Crippen LogP contribution in [0.5, 0.6) is 0 Å². The molecule has 8 rings (SSSR count). The summed E-state index contributed by atoms with van der Waals surface area (Å²) in [5, 5.41) is 24.2. The molecule has 7 nitrogen and oxygen atoms in total. The zero-order valence-electron chi connectivity index (χ0n) is 33.5. The van der Waals surface area contributed by atoms with Crippen LogP contribution in [0.3, 0.4) is 0 Å². The molecule has 2 N–H and O–H groups in total. The molecule has 2 saturated carbocycles. The number of aliphatic hydroxyl groups is 2. The van der Waals surface area contributed by atoms with E-state index in [1.165, 1.54) is 12.1 Å². The molecule has 3 fully saturated rings. The molecule has 5 aliphatic rings. The summed E-state index contributed by atoms with van der Waals surface area (Å²) in [6.07, 6.45) is 0.854. The number of allylic oxidation sites excluding steroid dienone is 2. The van der Waals surface area contributed by atoms with Gasteiger partial charge < -0.3 is 19.8 Å². The Bertz CT molecular complexity index is 2100. The van der Waals surface area contributed by atoms with Gasteiger partial charge in [0.05, 0.1) is 29.2 Å². The van der Waals surface area contributed by atoms with Gasteiger partial charge in [0.15, 0.2) is 11.4 Å². The third-order valence-corrected chi connectivity index (χ3v) is 14.8. The highest BCUT2D eigenvalue weighted by Gasteiger charge is 2.76. The summed E-state index contributed by atoms with van der Waals surface area (Å²) in [5.74, 6) is -1.72. The maximum absolute atomic E-state index is 15.2. The Labute approximate surface area is 333 Å². The highest BCUT2D eigenvalue weighted by Crippen LogP contribution is 2.66. The van der Waals surface area contributed by atoms with Crippen LogP contribution in [0, 0.1) is 16.2 Å². The van der Waals surface area contributed by atoms with Gasteiger partial charge >= 0.3 is 12.1 Å². The summed E-state index contributed by atoms with van der Waals surface area (Å²) in [6.45, 7) is 9.84. The van der Waals surface area contributed by atoms with Crippen molar-refractivity contribution in [2.45, 2.75) is 128 Å². The quantitative estimate of drug-likeness (QED) is 0.141. The van der Waals surface area contributed by atoms with E-state index in [0.717, 1.165) is 23.3 Å². The van der Waals surface area contributed by atoms with Gasteiger partial charge in [0, 0.05) is 28.5 Å². The molecular formula is C47H54F3NO6. The van der Waals surface area contributed by atoms with Crippen molar-refractivity contribution in [1.29, 1.82) is 0 Å². The molecule has 10 heteroatoms. The van der Waals surface area contributed by atoms with Crippen molar-refractivity contribution in [3.8, 4) is 0 Å². The SMILES string of the molecule is CC1=CCC[C@@]2(C)[C@@H](CC[C@@]2(O)CN(Cc2ccccc2)C(=O)[C@@]23CC[C@@](C)(C(=O)O2)C3(C)C)c2ccc(cc2C(=O)c2cccc(C(F)(F)F)c2)C[C@@H](O)CC1. The molecule has 0 unspecified atom stereocenters. The molecule has 3 aromatic carbocycles. The number of carbonyl (C=O) groups is 3. The van der Waals surface area contributed by atoms with E-state index in [0.29, 0.717) is 56.1 Å². The molecule has 3 aromatic rings. The molecule has 4 bridgehead atoms. The molecule has 0 spiro atoms. The van der Waals surface area contributed by atoms with E-state index in [2.05, 4.69) is 6.08 Å². The smallest absolute Gasteiger partial charge is 0.416 e. The molecule has 0 radical (unpaired) electrons. The summed E-state index contributed by atoms with van der Waals surface area (Å²) in [5.41, 5.74) is -3.00. The van der Waals surface area contributed by atoms with Gasteiger partial charge in [-0.15, -0.1) is 0 Å². The number of ether oxygens (including phenoxy) is 1. The average Bonchev–Trinajstić information content (AvgIpc) is 3.60. The number of nitrogens with zero attached hydrogens (tertiary/aromatic N) is 1. The topological polar surface area (TPSA) is 104 Å². The number of aliphatic hydroxyl groups excluding tert-OH is 1. The lowest BCUT2D eigenvalue weighted by Gasteiger charge is -2.47. The number of alkyl halides is 3. The normalized spacial score (nSPS) is 31.0. The fourth-order valence-corrected chi connectivity index (χ4v) is 10.5. The summed E-state index contributed by atoms with van der Waals surface area (Å²) in [4.78, 5) is 44.6. The Morgan fingerprint density at radius 2 is 1.65 bits per heavy atom. The van der Waals surface area contributed by atoms with Gasteiger partial charge in [-0.1, -0.05) is 87.0 Å². The third-order valence-electron chi connectivity index (χ3n) is 14.8. The van der Waals surface area contributed by atoms with Gasteiger partial charge in [-0.3, -0.25) is 14.4 Å². The van der Waals surface area contributed by atoms with E-state index >= 15 is 4.79 Å². The first-order chi connectivity index (χ1) is 26.7. The molecule has 57 heavy (non-hydrogen) atoms. The Kier molecular flexibility index (Phi) is 10.4. The van der Waals surface area contributed by atoms with Crippen molar-refractivity contribution in [2.24, 2.45) is 16.2 Å². The Hall–Kier alpha value is -4.28. The Balaban J connectivity index is 1.33. The fraction of sp³-hybridized carbons (Fsp3) is 0.511. The second kappa shape index (κ2) is 14.5. The maximum Gasteiger partial charge on any atom is 0.416 e. The molecule has 6 atom stereocenters. The fourth-order valence-electron chi connectivity index (χ4n) is 10.5. The van der Waals surface area contributed by atoms with Crippen molar-refractivity contribution < 1.29 is 42.5 Å². The minimum Gasteiger partial charge on any atom is -0.448 e. The van der Waals surface area contributed by atoms with E-state index in [4.69, 9.17) is 4.74 Å². The summed E-state index contributed by atoms with van der Waals surface area (Å²) >= 11 is 0. The number of rotatable bonds is 7. The minimum atomic E-state index is -4.64. The van der Waals surface area contributed by atoms with Gasteiger partial charge in [-0.25, -0.2) is 0 Å². The van der Waals surface area contributed by atoms with Crippen LogP contribution in [-0.2, 0) is 33.5 Å². The van der Waals surface area contributed by atoms with Gasteiger partial charge in [0.2, 0.25) is 0 Å². The summed E-state index contributed by atoms with van der Waals surface area (Å²) in [7, 11) is 0.